The molecule has 3 unspecified atom stereocenters. The molecule has 2 saturated heterocycles. The maximum absolute atomic E-state index is 5.83. The van der Waals surface area contributed by atoms with Crippen LogP contribution in [0.4, 0.5) is 0 Å². The Bertz CT molecular complexity index is 241. The summed E-state index contributed by atoms with van der Waals surface area (Å²) in [6.45, 7) is 13.9. The quantitative estimate of drug-likeness (QED) is 0.769. The molecule has 2 fully saturated rings. The topological polar surface area (TPSA) is 15.7 Å². The maximum Gasteiger partial charge on any atom is 0.0678 e. The number of hydrogen-bond donors (Lipinski definition) is 0. The van der Waals surface area contributed by atoms with E-state index in [1.807, 2.05) is 0 Å². The zero-order valence-corrected chi connectivity index (χ0v) is 12.6. The molecule has 0 aromatic heterocycles. The fourth-order valence-corrected chi connectivity index (χ4v) is 3.47. The van der Waals surface area contributed by atoms with E-state index in [0.717, 1.165) is 25.2 Å². The predicted octanol–water partition coefficient (Wildman–Crippen LogP) is 2.36. The first-order valence-corrected chi connectivity index (χ1v) is 7.73. The molecule has 106 valence electrons. The van der Waals surface area contributed by atoms with E-state index in [9.17, 15) is 0 Å². The Kier molecular flexibility index (Phi) is 5.05. The van der Waals surface area contributed by atoms with E-state index in [-0.39, 0.29) is 0 Å². The van der Waals surface area contributed by atoms with Gasteiger partial charge < -0.3 is 9.64 Å². The van der Waals surface area contributed by atoms with Gasteiger partial charge in [0.05, 0.1) is 12.2 Å². The third-order valence-corrected chi connectivity index (χ3v) is 4.68. The average molecular weight is 254 g/mol. The summed E-state index contributed by atoms with van der Waals surface area (Å²) in [5, 5.41) is 0. The molecule has 0 aliphatic carbocycles. The van der Waals surface area contributed by atoms with Crippen molar-refractivity contribution in [3.63, 3.8) is 0 Å². The molecule has 2 aliphatic heterocycles. The van der Waals surface area contributed by atoms with Crippen LogP contribution in [0.5, 0.6) is 0 Å². The second kappa shape index (κ2) is 6.36. The van der Waals surface area contributed by atoms with Gasteiger partial charge in [0.1, 0.15) is 0 Å². The highest BCUT2D eigenvalue weighted by molar-refractivity contribution is 4.85. The molecule has 0 saturated carbocycles. The first-order valence-electron chi connectivity index (χ1n) is 7.73. The third-order valence-electron chi connectivity index (χ3n) is 4.68. The summed E-state index contributed by atoms with van der Waals surface area (Å²) in [6, 6.07) is 1.55. The van der Waals surface area contributed by atoms with Crippen molar-refractivity contribution in [3.8, 4) is 0 Å². The van der Waals surface area contributed by atoms with Crippen molar-refractivity contribution in [2.24, 2.45) is 0 Å². The van der Waals surface area contributed by atoms with Crippen molar-refractivity contribution in [2.45, 2.75) is 71.2 Å². The van der Waals surface area contributed by atoms with E-state index >= 15 is 0 Å². The molecular weight excluding hydrogens is 224 g/mol. The number of likely N-dealkylation sites (tertiary alicyclic amines) is 1. The van der Waals surface area contributed by atoms with Crippen molar-refractivity contribution < 1.29 is 4.74 Å². The molecule has 0 aromatic rings. The lowest BCUT2D eigenvalue weighted by atomic mass is 9.99. The Morgan fingerprint density at radius 3 is 2.17 bits per heavy atom. The number of piperidine rings is 1. The fraction of sp³-hybridized carbons (Fsp3) is 1.00. The summed E-state index contributed by atoms with van der Waals surface area (Å²) in [7, 11) is 0. The molecule has 3 heteroatoms. The molecule has 0 radical (unpaired) electrons. The summed E-state index contributed by atoms with van der Waals surface area (Å²) >= 11 is 0. The van der Waals surface area contributed by atoms with Gasteiger partial charge in [-0.05, 0) is 53.1 Å². The Morgan fingerprint density at radius 2 is 1.67 bits per heavy atom. The second-order valence-corrected chi connectivity index (χ2v) is 6.24. The average Bonchev–Trinajstić information content (AvgIpc) is 2.37. The Labute approximate surface area is 112 Å². The molecule has 0 N–H and O–H groups in total. The van der Waals surface area contributed by atoms with Gasteiger partial charge in [0.25, 0.3) is 0 Å². The van der Waals surface area contributed by atoms with Crippen LogP contribution >= 0.6 is 0 Å². The molecule has 0 spiro atoms. The van der Waals surface area contributed by atoms with E-state index in [0.29, 0.717) is 12.2 Å². The predicted molar refractivity (Wildman–Crippen MR) is 75.9 cm³/mol. The Hall–Kier alpha value is -0.120. The van der Waals surface area contributed by atoms with Gasteiger partial charge in [0, 0.05) is 25.2 Å². The SMILES string of the molecule is CCC(C)N1CCC(N2CC(C)OC(C)C2)CC1. The number of hydrogen-bond acceptors (Lipinski definition) is 3. The lowest BCUT2D eigenvalue weighted by Crippen LogP contribution is -2.54. The highest BCUT2D eigenvalue weighted by atomic mass is 16.5. The molecule has 2 aliphatic rings. The van der Waals surface area contributed by atoms with Crippen LogP contribution in [-0.2, 0) is 4.74 Å². The van der Waals surface area contributed by atoms with Crippen molar-refractivity contribution >= 4 is 0 Å². The Morgan fingerprint density at radius 1 is 1.11 bits per heavy atom. The summed E-state index contributed by atoms with van der Waals surface area (Å²) < 4.78 is 5.83. The van der Waals surface area contributed by atoms with Gasteiger partial charge in [-0.2, -0.15) is 0 Å². The fourth-order valence-electron chi connectivity index (χ4n) is 3.47. The molecule has 2 rings (SSSR count). The summed E-state index contributed by atoms with van der Waals surface area (Å²) in [5.74, 6) is 0. The molecule has 0 bridgehead atoms. The first kappa shape index (κ1) is 14.3. The van der Waals surface area contributed by atoms with Gasteiger partial charge in [-0.3, -0.25) is 4.90 Å². The molecule has 0 aromatic carbocycles. The third kappa shape index (κ3) is 3.46. The van der Waals surface area contributed by atoms with Gasteiger partial charge in [-0.15, -0.1) is 0 Å². The first-order chi connectivity index (χ1) is 8.60. The van der Waals surface area contributed by atoms with Crippen LogP contribution in [0.2, 0.25) is 0 Å². The summed E-state index contributed by atoms with van der Waals surface area (Å²) in [4.78, 5) is 5.33. The lowest BCUT2D eigenvalue weighted by molar-refractivity contribution is -0.0872. The van der Waals surface area contributed by atoms with Gasteiger partial charge in [-0.1, -0.05) is 6.92 Å². The zero-order valence-electron chi connectivity index (χ0n) is 12.6. The minimum atomic E-state index is 0.404. The van der Waals surface area contributed by atoms with Crippen LogP contribution < -0.4 is 0 Å². The highest BCUT2D eigenvalue weighted by Gasteiger charge is 2.30. The zero-order chi connectivity index (χ0) is 13.1. The van der Waals surface area contributed by atoms with Crippen molar-refractivity contribution in [3.05, 3.63) is 0 Å². The number of morpholine rings is 1. The monoisotopic (exact) mass is 254 g/mol. The molecule has 0 amide bonds. The number of ether oxygens (including phenoxy) is 1. The number of rotatable bonds is 3. The summed E-state index contributed by atoms with van der Waals surface area (Å²) in [6.07, 6.45) is 4.76. The molecule has 3 nitrogen and oxygen atoms in total. The minimum absolute atomic E-state index is 0.404. The lowest BCUT2D eigenvalue weighted by Gasteiger charge is -2.44. The van der Waals surface area contributed by atoms with Gasteiger partial charge in [-0.25, -0.2) is 0 Å². The van der Waals surface area contributed by atoms with E-state index in [4.69, 9.17) is 4.74 Å². The molecule has 18 heavy (non-hydrogen) atoms. The van der Waals surface area contributed by atoms with E-state index in [1.165, 1.54) is 32.4 Å². The van der Waals surface area contributed by atoms with Crippen molar-refractivity contribution in [2.75, 3.05) is 26.2 Å². The second-order valence-electron chi connectivity index (χ2n) is 6.24. The van der Waals surface area contributed by atoms with Crippen LogP contribution in [0.1, 0.15) is 47.0 Å². The van der Waals surface area contributed by atoms with Crippen LogP contribution in [0.25, 0.3) is 0 Å². The standard InChI is InChI=1S/C15H30N2O/c1-5-12(2)16-8-6-15(7-9-16)17-10-13(3)18-14(4)11-17/h12-15H,5-11H2,1-4H3. The van der Waals surface area contributed by atoms with E-state index < -0.39 is 0 Å². The van der Waals surface area contributed by atoms with Gasteiger partial charge >= 0.3 is 0 Å². The maximum atomic E-state index is 5.83. The minimum Gasteiger partial charge on any atom is -0.373 e. The van der Waals surface area contributed by atoms with Crippen LogP contribution in [0.3, 0.4) is 0 Å². The highest BCUT2D eigenvalue weighted by Crippen LogP contribution is 2.22. The Balaban J connectivity index is 1.82. The van der Waals surface area contributed by atoms with Crippen molar-refractivity contribution in [1.82, 2.24) is 9.80 Å². The normalized spacial score (nSPS) is 34.7. The molecule has 2 heterocycles. The van der Waals surface area contributed by atoms with Crippen LogP contribution in [0, 0.1) is 0 Å². The van der Waals surface area contributed by atoms with Gasteiger partial charge in [0.2, 0.25) is 0 Å². The van der Waals surface area contributed by atoms with Crippen LogP contribution in [-0.4, -0.2) is 60.3 Å². The van der Waals surface area contributed by atoms with Crippen LogP contribution in [0.15, 0.2) is 0 Å². The van der Waals surface area contributed by atoms with Crippen molar-refractivity contribution in [1.29, 1.82) is 0 Å². The van der Waals surface area contributed by atoms with Gasteiger partial charge in [0.15, 0.2) is 0 Å². The smallest absolute Gasteiger partial charge is 0.0678 e. The van der Waals surface area contributed by atoms with E-state index in [2.05, 4.69) is 37.5 Å². The molecular formula is C15H30N2O. The van der Waals surface area contributed by atoms with E-state index in [1.54, 1.807) is 0 Å². The largest absolute Gasteiger partial charge is 0.373 e. The summed E-state index contributed by atoms with van der Waals surface area (Å²) in [5.41, 5.74) is 0. The molecule has 3 atom stereocenters. The number of nitrogens with zero attached hydrogens (tertiary/aromatic N) is 2.